The van der Waals surface area contributed by atoms with Gasteiger partial charge in [-0.15, -0.1) is 10.2 Å². The van der Waals surface area contributed by atoms with Gasteiger partial charge in [-0.2, -0.15) is 0 Å². The molecule has 0 unspecified atom stereocenters. The van der Waals surface area contributed by atoms with Crippen molar-refractivity contribution in [3.63, 3.8) is 0 Å². The Balaban J connectivity index is 2.09. The minimum Gasteiger partial charge on any atom is -0.481 e. The summed E-state index contributed by atoms with van der Waals surface area (Å²) < 4.78 is 3.71. The number of hydrogen-bond donors (Lipinski definition) is 1. The van der Waals surface area contributed by atoms with Crippen molar-refractivity contribution < 1.29 is 9.90 Å². The summed E-state index contributed by atoms with van der Waals surface area (Å²) in [6.07, 6.45) is 3.63. The van der Waals surface area contributed by atoms with E-state index < -0.39 is 5.97 Å². The van der Waals surface area contributed by atoms with E-state index >= 15 is 0 Å². The van der Waals surface area contributed by atoms with E-state index in [1.165, 1.54) is 0 Å². The Morgan fingerprint density at radius 1 is 1.45 bits per heavy atom. The summed E-state index contributed by atoms with van der Waals surface area (Å²) in [5.41, 5.74) is 0. The van der Waals surface area contributed by atoms with Crippen molar-refractivity contribution in [2.45, 2.75) is 11.7 Å². The van der Waals surface area contributed by atoms with Gasteiger partial charge in [0.2, 0.25) is 5.95 Å². The van der Waals surface area contributed by atoms with E-state index in [9.17, 15) is 4.79 Å². The Hall–Kier alpha value is -2.03. The molecule has 0 spiro atoms. The molecular formula is C11H16N6O2S. The average molecular weight is 296 g/mol. The number of aliphatic carboxylic acids is 1. The van der Waals surface area contributed by atoms with Gasteiger partial charge in [-0.3, -0.25) is 9.36 Å². The van der Waals surface area contributed by atoms with Gasteiger partial charge in [0.25, 0.3) is 0 Å². The van der Waals surface area contributed by atoms with Gasteiger partial charge >= 0.3 is 5.97 Å². The standard InChI is InChI=1S/C11H16N6O2S/c1-15-5-4-12-8(15)6-16(2)10-13-14-11(17(10)3)20-7-9(18)19/h4-5H,6-7H2,1-3H3,(H,18,19). The number of hydrogen-bond acceptors (Lipinski definition) is 6. The summed E-state index contributed by atoms with van der Waals surface area (Å²) in [5, 5.41) is 17.4. The van der Waals surface area contributed by atoms with Gasteiger partial charge in [0.15, 0.2) is 5.16 Å². The minimum absolute atomic E-state index is 0.0327. The van der Waals surface area contributed by atoms with Crippen LogP contribution in [0.5, 0.6) is 0 Å². The lowest BCUT2D eigenvalue weighted by molar-refractivity contribution is -0.133. The molecule has 20 heavy (non-hydrogen) atoms. The third kappa shape index (κ3) is 3.10. The predicted molar refractivity (Wildman–Crippen MR) is 74.7 cm³/mol. The summed E-state index contributed by atoms with van der Waals surface area (Å²) in [7, 11) is 5.64. The molecule has 2 aromatic rings. The number of aromatic nitrogens is 5. The van der Waals surface area contributed by atoms with Crippen LogP contribution < -0.4 is 4.90 Å². The molecule has 0 aliphatic rings. The number of rotatable bonds is 6. The number of imidazole rings is 1. The van der Waals surface area contributed by atoms with Crippen molar-refractivity contribution >= 4 is 23.7 Å². The molecule has 0 bridgehead atoms. The molecule has 0 fully saturated rings. The molecule has 0 atom stereocenters. The number of carboxylic acid groups (broad SMARTS) is 1. The third-order valence-corrected chi connectivity index (χ3v) is 3.78. The van der Waals surface area contributed by atoms with E-state index in [-0.39, 0.29) is 5.75 Å². The molecule has 0 aromatic carbocycles. The normalized spacial score (nSPS) is 10.8. The first-order valence-electron chi connectivity index (χ1n) is 5.90. The minimum atomic E-state index is -0.874. The molecule has 0 amide bonds. The molecule has 108 valence electrons. The van der Waals surface area contributed by atoms with Crippen molar-refractivity contribution in [3.8, 4) is 0 Å². The second kappa shape index (κ2) is 5.95. The second-order valence-electron chi connectivity index (χ2n) is 4.33. The molecule has 0 aliphatic heterocycles. The summed E-state index contributed by atoms with van der Waals surface area (Å²) in [6, 6.07) is 0. The number of aryl methyl sites for hydroxylation is 1. The zero-order chi connectivity index (χ0) is 14.7. The second-order valence-corrected chi connectivity index (χ2v) is 5.28. The maximum Gasteiger partial charge on any atom is 0.313 e. The van der Waals surface area contributed by atoms with Crippen LogP contribution in [-0.2, 0) is 25.4 Å². The number of carbonyl (C=O) groups is 1. The van der Waals surface area contributed by atoms with E-state index in [1.54, 1.807) is 10.8 Å². The third-order valence-electron chi connectivity index (χ3n) is 2.78. The van der Waals surface area contributed by atoms with Gasteiger partial charge in [-0.25, -0.2) is 4.98 Å². The van der Waals surface area contributed by atoms with Gasteiger partial charge in [0.1, 0.15) is 5.82 Å². The van der Waals surface area contributed by atoms with Gasteiger partial charge in [0.05, 0.1) is 12.3 Å². The zero-order valence-electron chi connectivity index (χ0n) is 11.5. The van der Waals surface area contributed by atoms with Crippen LogP contribution in [0.3, 0.4) is 0 Å². The Morgan fingerprint density at radius 2 is 2.20 bits per heavy atom. The number of anilines is 1. The summed E-state index contributed by atoms with van der Waals surface area (Å²) in [5.74, 6) is 0.673. The average Bonchev–Trinajstić information content (AvgIpc) is 2.94. The van der Waals surface area contributed by atoms with Crippen LogP contribution in [0.2, 0.25) is 0 Å². The molecule has 0 saturated heterocycles. The highest BCUT2D eigenvalue weighted by atomic mass is 32.2. The van der Waals surface area contributed by atoms with Gasteiger partial charge in [0, 0.05) is 33.5 Å². The largest absolute Gasteiger partial charge is 0.481 e. The summed E-state index contributed by atoms with van der Waals surface area (Å²) in [4.78, 5) is 16.7. The van der Waals surface area contributed by atoms with E-state index in [2.05, 4.69) is 15.2 Å². The lowest BCUT2D eigenvalue weighted by Crippen LogP contribution is -2.22. The molecule has 0 radical (unpaired) electrons. The van der Waals surface area contributed by atoms with Crippen LogP contribution in [0.15, 0.2) is 17.6 Å². The first-order chi connectivity index (χ1) is 9.49. The predicted octanol–water partition coefficient (Wildman–Crippen LogP) is 0.362. The fourth-order valence-corrected chi connectivity index (χ4v) is 2.35. The van der Waals surface area contributed by atoms with E-state index in [4.69, 9.17) is 5.11 Å². The maximum absolute atomic E-state index is 10.6. The molecular weight excluding hydrogens is 280 g/mol. The summed E-state index contributed by atoms with van der Waals surface area (Å²) >= 11 is 1.15. The Morgan fingerprint density at radius 3 is 2.80 bits per heavy atom. The molecule has 1 N–H and O–H groups in total. The number of carboxylic acids is 1. The highest BCUT2D eigenvalue weighted by Gasteiger charge is 2.15. The number of thioether (sulfide) groups is 1. The highest BCUT2D eigenvalue weighted by Crippen LogP contribution is 2.20. The van der Waals surface area contributed by atoms with Crippen LogP contribution in [0, 0.1) is 0 Å². The van der Waals surface area contributed by atoms with Crippen LogP contribution in [0.1, 0.15) is 5.82 Å². The zero-order valence-corrected chi connectivity index (χ0v) is 12.3. The van der Waals surface area contributed by atoms with Gasteiger partial charge in [-0.1, -0.05) is 11.8 Å². The van der Waals surface area contributed by atoms with E-state index in [0.717, 1.165) is 17.6 Å². The Labute approximate surface area is 120 Å². The van der Waals surface area contributed by atoms with Crippen LogP contribution in [0.25, 0.3) is 0 Å². The molecule has 2 heterocycles. The molecule has 2 aromatic heterocycles. The van der Waals surface area contributed by atoms with Crippen molar-refractivity contribution in [2.24, 2.45) is 14.1 Å². The monoisotopic (exact) mass is 296 g/mol. The van der Waals surface area contributed by atoms with Crippen molar-refractivity contribution in [1.29, 1.82) is 0 Å². The molecule has 8 nitrogen and oxygen atoms in total. The van der Waals surface area contributed by atoms with Crippen LogP contribution >= 0.6 is 11.8 Å². The number of nitrogens with zero attached hydrogens (tertiary/aromatic N) is 6. The molecule has 2 rings (SSSR count). The molecule has 0 aliphatic carbocycles. The smallest absolute Gasteiger partial charge is 0.313 e. The van der Waals surface area contributed by atoms with Crippen LogP contribution in [0.4, 0.5) is 5.95 Å². The van der Waals surface area contributed by atoms with Crippen molar-refractivity contribution in [1.82, 2.24) is 24.3 Å². The van der Waals surface area contributed by atoms with Crippen molar-refractivity contribution in [2.75, 3.05) is 17.7 Å². The van der Waals surface area contributed by atoms with Crippen molar-refractivity contribution in [3.05, 3.63) is 18.2 Å². The Bertz CT molecular complexity index is 608. The van der Waals surface area contributed by atoms with Gasteiger partial charge in [-0.05, 0) is 0 Å². The Kier molecular flexibility index (Phi) is 4.28. The van der Waals surface area contributed by atoms with Gasteiger partial charge < -0.3 is 14.6 Å². The lowest BCUT2D eigenvalue weighted by atomic mass is 10.5. The fourth-order valence-electron chi connectivity index (χ4n) is 1.72. The molecule has 0 saturated carbocycles. The SMILES string of the molecule is CN(Cc1nccn1C)c1nnc(SCC(=O)O)n1C. The van der Waals surface area contributed by atoms with E-state index in [0.29, 0.717) is 17.6 Å². The highest BCUT2D eigenvalue weighted by molar-refractivity contribution is 7.99. The maximum atomic E-state index is 10.6. The topological polar surface area (TPSA) is 89.1 Å². The van der Waals surface area contributed by atoms with E-state index in [1.807, 2.05) is 36.8 Å². The first-order valence-corrected chi connectivity index (χ1v) is 6.89. The molecule has 9 heteroatoms. The summed E-state index contributed by atoms with van der Waals surface area (Å²) in [6.45, 7) is 0.596. The van der Waals surface area contributed by atoms with Crippen LogP contribution in [-0.4, -0.2) is 48.2 Å². The lowest BCUT2D eigenvalue weighted by Gasteiger charge is -2.17. The first kappa shape index (κ1) is 14.4. The fraction of sp³-hybridized carbons (Fsp3) is 0.455. The quantitative estimate of drug-likeness (QED) is 0.770.